The van der Waals surface area contributed by atoms with Crippen LogP contribution in [0.1, 0.15) is 17.5 Å². The van der Waals surface area contributed by atoms with Gasteiger partial charge in [-0.2, -0.15) is 0 Å². The molecule has 0 spiro atoms. The molecule has 1 aliphatic heterocycles. The van der Waals surface area contributed by atoms with Gasteiger partial charge < -0.3 is 4.90 Å². The van der Waals surface area contributed by atoms with Gasteiger partial charge in [-0.25, -0.2) is 9.97 Å². The van der Waals surface area contributed by atoms with Crippen molar-refractivity contribution in [3.8, 4) is 11.3 Å². The molecule has 0 amide bonds. The molecule has 0 fully saturated rings. The predicted molar refractivity (Wildman–Crippen MR) is 99.0 cm³/mol. The lowest BCUT2D eigenvalue weighted by Crippen LogP contribution is -2.24. The molecule has 3 nitrogen and oxygen atoms in total. The summed E-state index contributed by atoms with van der Waals surface area (Å²) in [6, 6.07) is 17.2. The summed E-state index contributed by atoms with van der Waals surface area (Å²) in [6.45, 7) is 3.15. The first-order chi connectivity index (χ1) is 11.7. The van der Waals surface area contributed by atoms with Gasteiger partial charge in [-0.05, 0) is 61.2 Å². The molecule has 0 radical (unpaired) electrons. The predicted octanol–water partition coefficient (Wildman–Crippen LogP) is 5.19. The molecule has 0 aliphatic carbocycles. The van der Waals surface area contributed by atoms with Gasteiger partial charge in [0.1, 0.15) is 0 Å². The maximum absolute atomic E-state index is 5.94. The Morgan fingerprint density at radius 1 is 1.04 bits per heavy atom. The number of anilines is 2. The van der Waals surface area contributed by atoms with Gasteiger partial charge in [0, 0.05) is 29.7 Å². The first-order valence-electron chi connectivity index (χ1n) is 8.17. The van der Waals surface area contributed by atoms with Crippen LogP contribution in [0, 0.1) is 6.92 Å². The molecule has 1 aromatic heterocycles. The molecule has 0 atom stereocenters. The van der Waals surface area contributed by atoms with E-state index in [0.717, 1.165) is 24.2 Å². The summed E-state index contributed by atoms with van der Waals surface area (Å²) in [4.78, 5) is 10.7. The Hall–Kier alpha value is -2.39. The minimum atomic E-state index is 0.278. The highest BCUT2D eigenvalue weighted by Crippen LogP contribution is 2.36. The van der Waals surface area contributed by atoms with Crippen LogP contribution in [0.25, 0.3) is 11.3 Å². The van der Waals surface area contributed by atoms with Crippen molar-refractivity contribution in [2.45, 2.75) is 19.8 Å². The fraction of sp³-hybridized carbons (Fsp3) is 0.200. The number of halogens is 1. The molecular formula is C20H18ClN3. The van der Waals surface area contributed by atoms with Crippen LogP contribution in [-0.2, 0) is 6.42 Å². The Morgan fingerprint density at radius 3 is 2.67 bits per heavy atom. The summed E-state index contributed by atoms with van der Waals surface area (Å²) in [7, 11) is 0. The molecule has 0 saturated carbocycles. The first kappa shape index (κ1) is 15.2. The van der Waals surface area contributed by atoms with E-state index < -0.39 is 0 Å². The van der Waals surface area contributed by atoms with Gasteiger partial charge in [-0.3, -0.25) is 0 Å². The fourth-order valence-corrected chi connectivity index (χ4v) is 3.37. The summed E-state index contributed by atoms with van der Waals surface area (Å²) in [6.07, 6.45) is 3.98. The minimum Gasteiger partial charge on any atom is -0.341 e. The van der Waals surface area contributed by atoms with E-state index >= 15 is 0 Å². The normalized spacial score (nSPS) is 13.7. The average Bonchev–Trinajstić information content (AvgIpc) is 2.61. The summed E-state index contributed by atoms with van der Waals surface area (Å²) in [5.41, 5.74) is 7.08. The number of aromatic nitrogens is 2. The van der Waals surface area contributed by atoms with Crippen molar-refractivity contribution >= 4 is 23.0 Å². The van der Waals surface area contributed by atoms with E-state index in [1.54, 1.807) is 6.20 Å². The Balaban J connectivity index is 1.78. The van der Waals surface area contributed by atoms with Gasteiger partial charge in [-0.1, -0.05) is 29.8 Å². The molecule has 2 aromatic carbocycles. The zero-order chi connectivity index (χ0) is 16.5. The third-order valence-electron chi connectivity index (χ3n) is 4.47. The molecule has 4 rings (SSSR count). The van der Waals surface area contributed by atoms with Crippen molar-refractivity contribution in [3.63, 3.8) is 0 Å². The van der Waals surface area contributed by atoms with Gasteiger partial charge >= 0.3 is 0 Å². The molecule has 0 N–H and O–H groups in total. The Morgan fingerprint density at radius 2 is 1.88 bits per heavy atom. The van der Waals surface area contributed by atoms with Crippen LogP contribution in [0.2, 0.25) is 5.28 Å². The zero-order valence-corrected chi connectivity index (χ0v) is 14.3. The van der Waals surface area contributed by atoms with Gasteiger partial charge in [0.05, 0.1) is 5.69 Å². The lowest BCUT2D eigenvalue weighted by atomic mass is 9.97. The Bertz CT molecular complexity index is 874. The molecule has 0 saturated heterocycles. The van der Waals surface area contributed by atoms with Crippen molar-refractivity contribution in [3.05, 3.63) is 71.1 Å². The maximum Gasteiger partial charge on any atom is 0.222 e. The van der Waals surface area contributed by atoms with Gasteiger partial charge in [-0.15, -0.1) is 0 Å². The van der Waals surface area contributed by atoms with Crippen LogP contribution in [-0.4, -0.2) is 16.5 Å². The highest BCUT2D eigenvalue weighted by molar-refractivity contribution is 6.28. The molecule has 3 aromatic rings. The van der Waals surface area contributed by atoms with E-state index in [0.29, 0.717) is 0 Å². The van der Waals surface area contributed by atoms with Gasteiger partial charge in [0.25, 0.3) is 0 Å². The molecule has 0 unspecified atom stereocenters. The van der Waals surface area contributed by atoms with Gasteiger partial charge in [0.15, 0.2) is 0 Å². The van der Waals surface area contributed by atoms with Crippen LogP contribution in [0.4, 0.5) is 11.4 Å². The second kappa shape index (κ2) is 6.25. The minimum absolute atomic E-state index is 0.278. The zero-order valence-electron chi connectivity index (χ0n) is 13.5. The number of hydrogen-bond acceptors (Lipinski definition) is 3. The molecule has 4 heteroatoms. The molecule has 2 heterocycles. The maximum atomic E-state index is 5.94. The van der Waals surface area contributed by atoms with Crippen molar-refractivity contribution in [1.29, 1.82) is 0 Å². The lowest BCUT2D eigenvalue weighted by molar-refractivity contribution is 0.767. The number of rotatable bonds is 2. The fourth-order valence-electron chi connectivity index (χ4n) is 3.22. The highest BCUT2D eigenvalue weighted by Gasteiger charge is 2.19. The van der Waals surface area contributed by atoms with Crippen molar-refractivity contribution in [2.75, 3.05) is 11.4 Å². The average molecular weight is 336 g/mol. The van der Waals surface area contributed by atoms with E-state index in [2.05, 4.69) is 64.3 Å². The van der Waals surface area contributed by atoms with Crippen molar-refractivity contribution in [2.24, 2.45) is 0 Å². The van der Waals surface area contributed by atoms with Crippen LogP contribution < -0.4 is 4.90 Å². The highest BCUT2D eigenvalue weighted by atomic mass is 35.5. The van der Waals surface area contributed by atoms with Crippen LogP contribution in [0.3, 0.4) is 0 Å². The number of nitrogens with zero attached hydrogens (tertiary/aromatic N) is 3. The molecule has 24 heavy (non-hydrogen) atoms. The number of fused-ring (bicyclic) bond motifs is 1. The Kier molecular flexibility index (Phi) is 3.95. The molecule has 0 bridgehead atoms. The van der Waals surface area contributed by atoms with E-state index in [-0.39, 0.29) is 5.28 Å². The quantitative estimate of drug-likeness (QED) is 0.603. The van der Waals surface area contributed by atoms with Crippen molar-refractivity contribution in [1.82, 2.24) is 9.97 Å². The standard InChI is InChI=1S/C20H18ClN3/c1-14-4-8-17(9-5-14)24-12-2-3-15-6-7-16(13-19(15)24)18-10-11-22-20(21)23-18/h4-11,13H,2-3,12H2,1H3. The van der Waals surface area contributed by atoms with Crippen LogP contribution in [0.15, 0.2) is 54.7 Å². The van der Waals surface area contributed by atoms with E-state index in [4.69, 9.17) is 11.6 Å². The van der Waals surface area contributed by atoms with Crippen LogP contribution >= 0.6 is 11.6 Å². The smallest absolute Gasteiger partial charge is 0.222 e. The topological polar surface area (TPSA) is 29.0 Å². The summed E-state index contributed by atoms with van der Waals surface area (Å²) in [5, 5.41) is 0.278. The summed E-state index contributed by atoms with van der Waals surface area (Å²) < 4.78 is 0. The van der Waals surface area contributed by atoms with Crippen molar-refractivity contribution < 1.29 is 0 Å². The van der Waals surface area contributed by atoms with E-state index in [1.807, 2.05) is 6.07 Å². The van der Waals surface area contributed by atoms with Crippen LogP contribution in [0.5, 0.6) is 0 Å². The Labute approximate surface area is 147 Å². The second-order valence-corrected chi connectivity index (χ2v) is 6.48. The largest absolute Gasteiger partial charge is 0.341 e. The summed E-state index contributed by atoms with van der Waals surface area (Å²) >= 11 is 5.94. The monoisotopic (exact) mass is 335 g/mol. The third-order valence-corrected chi connectivity index (χ3v) is 4.65. The molecule has 120 valence electrons. The van der Waals surface area contributed by atoms with E-state index in [9.17, 15) is 0 Å². The van der Waals surface area contributed by atoms with Gasteiger partial charge in [0.2, 0.25) is 5.28 Å². The van der Waals surface area contributed by atoms with E-state index in [1.165, 1.54) is 28.9 Å². The second-order valence-electron chi connectivity index (χ2n) is 6.15. The molecular weight excluding hydrogens is 318 g/mol. The summed E-state index contributed by atoms with van der Waals surface area (Å²) in [5.74, 6) is 0. The first-order valence-corrected chi connectivity index (χ1v) is 8.54. The molecule has 1 aliphatic rings. The number of hydrogen-bond donors (Lipinski definition) is 0. The SMILES string of the molecule is Cc1ccc(N2CCCc3ccc(-c4ccnc(Cl)n4)cc32)cc1. The lowest BCUT2D eigenvalue weighted by Gasteiger charge is -2.32. The number of benzene rings is 2. The third kappa shape index (κ3) is 2.87. The number of aryl methyl sites for hydroxylation is 2.